The summed E-state index contributed by atoms with van der Waals surface area (Å²) in [6.45, 7) is 3.38. The van der Waals surface area contributed by atoms with Gasteiger partial charge in [0.2, 0.25) is 0 Å². The standard InChI is InChI=1S/C23H17ClFN3O4/c1-23(2,13-26)18-5-3-4-17(21(18)24)22(29)27-14-6-11-19(25)20(12-14)32-16-9-7-15(8-10-16)28(30)31/h3-12H,1-2H3,(H,27,29). The van der Waals surface area contributed by atoms with Crippen molar-refractivity contribution in [3.8, 4) is 17.6 Å². The largest absolute Gasteiger partial charge is 0.454 e. The van der Waals surface area contributed by atoms with Crippen LogP contribution in [0.5, 0.6) is 11.5 Å². The summed E-state index contributed by atoms with van der Waals surface area (Å²) in [5.41, 5.74) is -0.105. The van der Waals surface area contributed by atoms with Gasteiger partial charge in [-0.2, -0.15) is 5.26 Å². The highest BCUT2D eigenvalue weighted by molar-refractivity contribution is 6.35. The number of hydrogen-bond donors (Lipinski definition) is 1. The Labute approximate surface area is 188 Å². The van der Waals surface area contributed by atoms with Gasteiger partial charge in [-0.25, -0.2) is 4.39 Å². The molecule has 0 radical (unpaired) electrons. The minimum absolute atomic E-state index is 0.127. The number of carbonyl (C=O) groups excluding carboxylic acids is 1. The lowest BCUT2D eigenvalue weighted by Gasteiger charge is -2.19. The Morgan fingerprint density at radius 3 is 2.50 bits per heavy atom. The summed E-state index contributed by atoms with van der Waals surface area (Å²) < 4.78 is 19.7. The molecular weight excluding hydrogens is 437 g/mol. The van der Waals surface area contributed by atoms with Gasteiger partial charge in [-0.1, -0.05) is 23.7 Å². The normalized spacial score (nSPS) is 10.8. The van der Waals surface area contributed by atoms with E-state index in [1.165, 1.54) is 42.5 Å². The summed E-state index contributed by atoms with van der Waals surface area (Å²) in [5.74, 6) is -1.22. The third kappa shape index (κ3) is 4.85. The molecule has 9 heteroatoms. The maximum absolute atomic E-state index is 14.2. The Balaban J connectivity index is 1.83. The molecule has 3 aromatic carbocycles. The predicted octanol–water partition coefficient (Wildman–Crippen LogP) is 6.23. The molecule has 0 atom stereocenters. The van der Waals surface area contributed by atoms with Crippen LogP contribution in [0.4, 0.5) is 15.8 Å². The zero-order valence-corrected chi connectivity index (χ0v) is 17.8. The molecule has 7 nitrogen and oxygen atoms in total. The monoisotopic (exact) mass is 453 g/mol. The number of amides is 1. The van der Waals surface area contributed by atoms with Crippen LogP contribution >= 0.6 is 11.6 Å². The third-order valence-corrected chi connectivity index (χ3v) is 5.07. The van der Waals surface area contributed by atoms with E-state index in [1.807, 2.05) is 0 Å². The van der Waals surface area contributed by atoms with E-state index in [-0.39, 0.29) is 33.5 Å². The summed E-state index contributed by atoms with van der Waals surface area (Å²) >= 11 is 6.39. The van der Waals surface area contributed by atoms with Gasteiger partial charge in [-0.15, -0.1) is 0 Å². The fourth-order valence-electron chi connectivity index (χ4n) is 2.87. The van der Waals surface area contributed by atoms with Gasteiger partial charge >= 0.3 is 0 Å². The Morgan fingerprint density at radius 2 is 1.88 bits per heavy atom. The molecule has 3 rings (SSSR count). The van der Waals surface area contributed by atoms with Gasteiger partial charge in [0.1, 0.15) is 5.75 Å². The van der Waals surface area contributed by atoms with Crippen LogP contribution in [0.2, 0.25) is 5.02 Å². The van der Waals surface area contributed by atoms with E-state index in [4.69, 9.17) is 16.3 Å². The quantitative estimate of drug-likeness (QED) is 0.351. The van der Waals surface area contributed by atoms with Crippen molar-refractivity contribution in [2.45, 2.75) is 19.3 Å². The number of nitro groups is 1. The smallest absolute Gasteiger partial charge is 0.269 e. The Kier molecular flexibility index (Phi) is 6.42. The number of nitro benzene ring substituents is 1. The SMILES string of the molecule is CC(C)(C#N)c1cccc(C(=O)Nc2ccc(F)c(Oc3ccc([N+](=O)[O-])cc3)c2)c1Cl. The van der Waals surface area contributed by atoms with Crippen LogP contribution in [0.3, 0.4) is 0 Å². The third-order valence-electron chi connectivity index (χ3n) is 4.66. The number of anilines is 1. The lowest BCUT2D eigenvalue weighted by Crippen LogP contribution is -2.18. The van der Waals surface area contributed by atoms with Gasteiger partial charge in [0.25, 0.3) is 11.6 Å². The van der Waals surface area contributed by atoms with Crippen LogP contribution in [-0.2, 0) is 5.41 Å². The number of benzene rings is 3. The molecule has 32 heavy (non-hydrogen) atoms. The number of halogens is 2. The van der Waals surface area contributed by atoms with Gasteiger partial charge in [0.15, 0.2) is 11.6 Å². The molecule has 3 aromatic rings. The lowest BCUT2D eigenvalue weighted by molar-refractivity contribution is -0.384. The van der Waals surface area contributed by atoms with Gasteiger partial charge in [0, 0.05) is 23.9 Å². The number of non-ortho nitro benzene ring substituents is 1. The highest BCUT2D eigenvalue weighted by Crippen LogP contribution is 2.33. The second kappa shape index (κ2) is 9.04. The van der Waals surface area contributed by atoms with E-state index < -0.39 is 22.1 Å². The van der Waals surface area contributed by atoms with Gasteiger partial charge < -0.3 is 10.1 Å². The molecule has 0 saturated carbocycles. The summed E-state index contributed by atoms with van der Waals surface area (Å²) in [4.78, 5) is 23.0. The summed E-state index contributed by atoms with van der Waals surface area (Å²) in [7, 11) is 0. The van der Waals surface area contributed by atoms with Crippen LogP contribution in [0.15, 0.2) is 60.7 Å². The van der Waals surface area contributed by atoms with Gasteiger partial charge in [0.05, 0.1) is 27.0 Å². The molecule has 0 bridgehead atoms. The average Bonchev–Trinajstić information content (AvgIpc) is 2.76. The van der Waals surface area contributed by atoms with E-state index in [2.05, 4.69) is 11.4 Å². The van der Waals surface area contributed by atoms with Gasteiger partial charge in [-0.3, -0.25) is 14.9 Å². The van der Waals surface area contributed by atoms with Crippen molar-refractivity contribution in [2.24, 2.45) is 0 Å². The number of ether oxygens (including phenoxy) is 1. The highest BCUT2D eigenvalue weighted by Gasteiger charge is 2.25. The molecule has 0 spiro atoms. The molecule has 0 aliphatic carbocycles. The van der Waals surface area contributed by atoms with E-state index >= 15 is 0 Å². The fourth-order valence-corrected chi connectivity index (χ4v) is 3.32. The van der Waals surface area contributed by atoms with Crippen molar-refractivity contribution in [3.63, 3.8) is 0 Å². The fraction of sp³-hybridized carbons (Fsp3) is 0.130. The lowest BCUT2D eigenvalue weighted by atomic mass is 9.85. The van der Waals surface area contributed by atoms with Crippen molar-refractivity contribution < 1.29 is 18.8 Å². The van der Waals surface area contributed by atoms with Crippen molar-refractivity contribution in [1.29, 1.82) is 5.26 Å². The molecule has 0 aromatic heterocycles. The van der Waals surface area contributed by atoms with Crippen LogP contribution in [0.1, 0.15) is 29.8 Å². The Bertz CT molecular complexity index is 1240. The zero-order chi connectivity index (χ0) is 23.5. The number of nitriles is 1. The van der Waals surface area contributed by atoms with Crippen molar-refractivity contribution >= 4 is 28.9 Å². The first-order chi connectivity index (χ1) is 15.1. The van der Waals surface area contributed by atoms with Crippen LogP contribution in [0.25, 0.3) is 0 Å². The molecule has 0 heterocycles. The number of hydrogen-bond acceptors (Lipinski definition) is 5. The highest BCUT2D eigenvalue weighted by atomic mass is 35.5. The predicted molar refractivity (Wildman–Crippen MR) is 118 cm³/mol. The molecule has 1 amide bonds. The average molecular weight is 454 g/mol. The second-order valence-electron chi connectivity index (χ2n) is 7.36. The number of nitrogens with zero attached hydrogens (tertiary/aromatic N) is 2. The number of carbonyl (C=O) groups is 1. The molecule has 0 saturated heterocycles. The van der Waals surface area contributed by atoms with Crippen molar-refractivity contribution in [1.82, 2.24) is 0 Å². The maximum atomic E-state index is 14.2. The Morgan fingerprint density at radius 1 is 1.19 bits per heavy atom. The summed E-state index contributed by atoms with van der Waals surface area (Å²) in [6, 6.07) is 15.9. The Hall–Kier alpha value is -3.96. The first kappa shape index (κ1) is 22.7. The zero-order valence-electron chi connectivity index (χ0n) is 17.1. The van der Waals surface area contributed by atoms with Crippen LogP contribution < -0.4 is 10.1 Å². The van der Waals surface area contributed by atoms with Gasteiger partial charge in [-0.05, 0) is 49.7 Å². The second-order valence-corrected chi connectivity index (χ2v) is 7.73. The topological polar surface area (TPSA) is 105 Å². The van der Waals surface area contributed by atoms with E-state index in [1.54, 1.807) is 26.0 Å². The number of nitrogens with one attached hydrogen (secondary N) is 1. The first-order valence-electron chi connectivity index (χ1n) is 9.36. The van der Waals surface area contributed by atoms with E-state index in [9.17, 15) is 24.6 Å². The molecule has 0 aliphatic heterocycles. The van der Waals surface area contributed by atoms with Crippen molar-refractivity contribution in [3.05, 3.63) is 92.7 Å². The van der Waals surface area contributed by atoms with Crippen LogP contribution in [0, 0.1) is 27.3 Å². The minimum Gasteiger partial charge on any atom is -0.454 e. The molecule has 0 unspecified atom stereocenters. The molecule has 1 N–H and O–H groups in total. The summed E-state index contributed by atoms with van der Waals surface area (Å²) in [5, 5.41) is 22.9. The molecule has 0 aliphatic rings. The van der Waals surface area contributed by atoms with Crippen molar-refractivity contribution in [2.75, 3.05) is 5.32 Å². The minimum atomic E-state index is -0.894. The van der Waals surface area contributed by atoms with E-state index in [0.29, 0.717) is 5.56 Å². The van der Waals surface area contributed by atoms with E-state index in [0.717, 1.165) is 6.07 Å². The summed E-state index contributed by atoms with van der Waals surface area (Å²) in [6.07, 6.45) is 0. The maximum Gasteiger partial charge on any atom is 0.269 e. The molecule has 0 fully saturated rings. The van der Waals surface area contributed by atoms with Crippen LogP contribution in [-0.4, -0.2) is 10.8 Å². The molecule has 162 valence electrons. The molecular formula is C23H17ClFN3O4. The first-order valence-corrected chi connectivity index (χ1v) is 9.73. The number of rotatable bonds is 6.